The third-order valence-electron chi connectivity index (χ3n) is 2.80. The largest absolute Gasteiger partial charge is 0.508 e. The number of nitrogens with zero attached hydrogens (tertiary/aromatic N) is 1. The molecule has 0 amide bonds. The number of halogens is 1. The molecule has 0 aliphatic carbocycles. The molecule has 3 heteroatoms. The lowest BCUT2D eigenvalue weighted by Gasteiger charge is -2.23. The van der Waals surface area contributed by atoms with Crippen LogP contribution in [-0.4, -0.2) is 23.1 Å². The topological polar surface area (TPSA) is 23.5 Å². The van der Waals surface area contributed by atoms with Crippen LogP contribution < -0.4 is 0 Å². The highest BCUT2D eigenvalue weighted by Crippen LogP contribution is 2.23. The Hall–Kier alpha value is -0.730. The molecule has 0 aliphatic rings. The fourth-order valence-corrected chi connectivity index (χ4v) is 1.61. The summed E-state index contributed by atoms with van der Waals surface area (Å²) < 4.78 is 0. The van der Waals surface area contributed by atoms with Crippen LogP contribution in [0.4, 0.5) is 0 Å². The van der Waals surface area contributed by atoms with Crippen molar-refractivity contribution >= 4 is 11.6 Å². The number of phenolic OH excluding ortho intramolecular Hbond substituents is 1. The van der Waals surface area contributed by atoms with Gasteiger partial charge in [-0.15, -0.1) is 0 Å². The average Bonchev–Trinajstić information content (AvgIpc) is 2.22. The first-order valence-electron chi connectivity index (χ1n) is 5.22. The minimum Gasteiger partial charge on any atom is -0.508 e. The minimum atomic E-state index is 0.314. The lowest BCUT2D eigenvalue weighted by molar-refractivity contribution is 0.241. The van der Waals surface area contributed by atoms with E-state index >= 15 is 0 Å². The van der Waals surface area contributed by atoms with E-state index < -0.39 is 0 Å². The van der Waals surface area contributed by atoms with Crippen LogP contribution in [0.3, 0.4) is 0 Å². The molecule has 0 saturated heterocycles. The highest BCUT2D eigenvalue weighted by atomic mass is 35.5. The van der Waals surface area contributed by atoms with Gasteiger partial charge in [0, 0.05) is 23.2 Å². The average molecular weight is 228 g/mol. The van der Waals surface area contributed by atoms with E-state index in [0.717, 1.165) is 18.5 Å². The molecule has 15 heavy (non-hydrogen) atoms. The Morgan fingerprint density at radius 2 is 2.13 bits per heavy atom. The van der Waals surface area contributed by atoms with Gasteiger partial charge >= 0.3 is 0 Å². The number of hydrogen-bond donors (Lipinski definition) is 1. The maximum absolute atomic E-state index is 9.65. The molecule has 0 fully saturated rings. The summed E-state index contributed by atoms with van der Waals surface area (Å²) in [5.41, 5.74) is 0.880. The summed E-state index contributed by atoms with van der Waals surface area (Å²) in [7, 11) is 2.05. The molecule has 1 aromatic rings. The first-order valence-corrected chi connectivity index (χ1v) is 5.60. The first kappa shape index (κ1) is 12.3. The standard InChI is InChI=1S/C12H18ClNO/c1-4-9(2)14(3)8-10-7-11(13)5-6-12(10)15/h5-7,9,15H,4,8H2,1-3H3. The Labute approximate surface area is 96.5 Å². The number of benzene rings is 1. The molecule has 0 radical (unpaired) electrons. The second kappa shape index (κ2) is 5.38. The van der Waals surface area contributed by atoms with Crippen molar-refractivity contribution in [2.45, 2.75) is 32.9 Å². The van der Waals surface area contributed by atoms with Gasteiger partial charge in [0.25, 0.3) is 0 Å². The smallest absolute Gasteiger partial charge is 0.120 e. The second-order valence-corrected chi connectivity index (χ2v) is 4.38. The maximum atomic E-state index is 9.65. The van der Waals surface area contributed by atoms with E-state index in [1.165, 1.54) is 0 Å². The summed E-state index contributed by atoms with van der Waals surface area (Å²) in [6.45, 7) is 5.04. The van der Waals surface area contributed by atoms with E-state index in [1.807, 2.05) is 6.07 Å². The predicted octanol–water partition coefficient (Wildman–Crippen LogP) is 3.28. The van der Waals surface area contributed by atoms with Gasteiger partial charge in [0.05, 0.1) is 0 Å². The predicted molar refractivity (Wildman–Crippen MR) is 64.3 cm³/mol. The van der Waals surface area contributed by atoms with Gasteiger partial charge in [-0.05, 0) is 38.6 Å². The van der Waals surface area contributed by atoms with E-state index in [9.17, 15) is 5.11 Å². The lowest BCUT2D eigenvalue weighted by Crippen LogP contribution is -2.27. The van der Waals surface area contributed by atoms with E-state index in [4.69, 9.17) is 11.6 Å². The van der Waals surface area contributed by atoms with Gasteiger partial charge in [0.15, 0.2) is 0 Å². The van der Waals surface area contributed by atoms with Crippen molar-refractivity contribution in [3.05, 3.63) is 28.8 Å². The molecule has 0 aromatic heterocycles. The SMILES string of the molecule is CCC(C)N(C)Cc1cc(Cl)ccc1O. The normalized spacial score (nSPS) is 13.1. The number of phenols is 1. The van der Waals surface area contributed by atoms with Crippen LogP contribution >= 0.6 is 11.6 Å². The van der Waals surface area contributed by atoms with Gasteiger partial charge < -0.3 is 5.11 Å². The Morgan fingerprint density at radius 1 is 1.47 bits per heavy atom. The highest BCUT2D eigenvalue weighted by Gasteiger charge is 2.10. The Bertz CT molecular complexity index is 327. The molecular formula is C12H18ClNO. The molecule has 1 N–H and O–H groups in total. The molecule has 1 rings (SSSR count). The van der Waals surface area contributed by atoms with Gasteiger partial charge in [-0.3, -0.25) is 4.90 Å². The second-order valence-electron chi connectivity index (χ2n) is 3.95. The first-order chi connectivity index (χ1) is 7.04. The van der Waals surface area contributed by atoms with Crippen LogP contribution in [0.15, 0.2) is 18.2 Å². The number of rotatable bonds is 4. The molecular weight excluding hydrogens is 210 g/mol. The van der Waals surface area contributed by atoms with Crippen LogP contribution in [0.2, 0.25) is 5.02 Å². The third-order valence-corrected chi connectivity index (χ3v) is 3.04. The van der Waals surface area contributed by atoms with Gasteiger partial charge in [-0.25, -0.2) is 0 Å². The third kappa shape index (κ3) is 3.40. The Balaban J connectivity index is 2.75. The zero-order valence-corrected chi connectivity index (χ0v) is 10.3. The van der Waals surface area contributed by atoms with E-state index in [2.05, 4.69) is 25.8 Å². The Morgan fingerprint density at radius 3 is 2.73 bits per heavy atom. The van der Waals surface area contributed by atoms with Crippen molar-refractivity contribution in [2.75, 3.05) is 7.05 Å². The number of hydrogen-bond acceptors (Lipinski definition) is 2. The van der Waals surface area contributed by atoms with Gasteiger partial charge in [0.1, 0.15) is 5.75 Å². The highest BCUT2D eigenvalue weighted by molar-refractivity contribution is 6.30. The van der Waals surface area contributed by atoms with Gasteiger partial charge in [0.2, 0.25) is 0 Å². The lowest BCUT2D eigenvalue weighted by atomic mass is 10.1. The van der Waals surface area contributed by atoms with E-state index in [-0.39, 0.29) is 0 Å². The summed E-state index contributed by atoms with van der Waals surface area (Å²) in [5, 5.41) is 10.3. The monoisotopic (exact) mass is 227 g/mol. The summed E-state index contributed by atoms with van der Waals surface area (Å²) in [4.78, 5) is 2.20. The fourth-order valence-electron chi connectivity index (χ4n) is 1.42. The molecule has 2 nitrogen and oxygen atoms in total. The van der Waals surface area contributed by atoms with Gasteiger partial charge in [-0.2, -0.15) is 0 Å². The van der Waals surface area contributed by atoms with E-state index in [0.29, 0.717) is 16.8 Å². The van der Waals surface area contributed by atoms with Crippen LogP contribution in [0.5, 0.6) is 5.75 Å². The maximum Gasteiger partial charge on any atom is 0.120 e. The van der Waals surface area contributed by atoms with Crippen molar-refractivity contribution in [1.29, 1.82) is 0 Å². The zero-order chi connectivity index (χ0) is 11.4. The summed E-state index contributed by atoms with van der Waals surface area (Å²) in [6, 6.07) is 5.66. The van der Waals surface area contributed by atoms with Crippen LogP contribution in [0.25, 0.3) is 0 Å². The molecule has 0 heterocycles. The molecule has 0 saturated carbocycles. The van der Waals surface area contributed by atoms with Crippen molar-refractivity contribution in [3.63, 3.8) is 0 Å². The zero-order valence-electron chi connectivity index (χ0n) is 9.50. The fraction of sp³-hybridized carbons (Fsp3) is 0.500. The molecule has 0 bridgehead atoms. The summed E-state index contributed by atoms with van der Waals surface area (Å²) in [5.74, 6) is 0.314. The Kier molecular flexibility index (Phi) is 4.43. The molecule has 1 aromatic carbocycles. The van der Waals surface area contributed by atoms with Crippen LogP contribution in [0.1, 0.15) is 25.8 Å². The van der Waals surface area contributed by atoms with Crippen molar-refractivity contribution in [3.8, 4) is 5.75 Å². The molecule has 0 spiro atoms. The van der Waals surface area contributed by atoms with Crippen molar-refractivity contribution in [1.82, 2.24) is 4.90 Å². The van der Waals surface area contributed by atoms with Crippen LogP contribution in [0, 0.1) is 0 Å². The van der Waals surface area contributed by atoms with Crippen molar-refractivity contribution in [2.24, 2.45) is 0 Å². The van der Waals surface area contributed by atoms with E-state index in [1.54, 1.807) is 12.1 Å². The minimum absolute atomic E-state index is 0.314. The van der Waals surface area contributed by atoms with Gasteiger partial charge in [-0.1, -0.05) is 18.5 Å². The number of aromatic hydroxyl groups is 1. The van der Waals surface area contributed by atoms with Crippen molar-refractivity contribution < 1.29 is 5.11 Å². The summed E-state index contributed by atoms with van der Waals surface area (Å²) >= 11 is 5.88. The molecule has 1 unspecified atom stereocenters. The molecule has 84 valence electrons. The molecule has 0 aliphatic heterocycles. The van der Waals surface area contributed by atoms with Crippen LogP contribution in [-0.2, 0) is 6.54 Å². The molecule has 1 atom stereocenters. The quantitative estimate of drug-likeness (QED) is 0.854. The summed E-state index contributed by atoms with van der Waals surface area (Å²) in [6.07, 6.45) is 1.10.